The highest BCUT2D eigenvalue weighted by atomic mass is 16.6. The molecule has 0 amide bonds. The Morgan fingerprint density at radius 1 is 1.33 bits per heavy atom. The first kappa shape index (κ1) is 10.1. The van der Waals surface area contributed by atoms with Crippen LogP contribution >= 0.6 is 0 Å². The molecule has 15 heavy (non-hydrogen) atoms. The third kappa shape index (κ3) is 2.55. The van der Waals surface area contributed by atoms with Crippen molar-refractivity contribution in [3.05, 3.63) is 35.9 Å². The van der Waals surface area contributed by atoms with Crippen LogP contribution in [0, 0.1) is 0 Å². The number of hydrogen-bond acceptors (Lipinski definition) is 4. The van der Waals surface area contributed by atoms with Gasteiger partial charge in [-0.15, -0.1) is 0 Å². The maximum Gasteiger partial charge on any atom is 0.304 e. The summed E-state index contributed by atoms with van der Waals surface area (Å²) in [6, 6.07) is 10.3. The number of hydrazine groups is 1. The fourth-order valence-corrected chi connectivity index (χ4v) is 1.71. The monoisotopic (exact) mass is 206 g/mol. The Morgan fingerprint density at radius 3 is 2.73 bits per heavy atom. The molecule has 0 aromatic heterocycles. The highest BCUT2D eigenvalue weighted by Crippen LogP contribution is 2.22. The topological polar surface area (TPSA) is 50.4 Å². The van der Waals surface area contributed by atoms with E-state index in [-0.39, 0.29) is 18.2 Å². The molecule has 0 spiro atoms. The second-order valence-corrected chi connectivity index (χ2v) is 3.59. The fourth-order valence-electron chi connectivity index (χ4n) is 1.71. The molecule has 2 rings (SSSR count). The molecular weight excluding hydrogens is 192 g/mol. The Balaban J connectivity index is 1.96. The predicted octanol–water partition coefficient (Wildman–Crippen LogP) is 1.11. The quantitative estimate of drug-likeness (QED) is 0.712. The zero-order valence-corrected chi connectivity index (χ0v) is 8.57. The summed E-state index contributed by atoms with van der Waals surface area (Å²) in [4.78, 5) is 10.8. The molecule has 2 atom stereocenters. The van der Waals surface area contributed by atoms with Crippen molar-refractivity contribution in [2.45, 2.75) is 25.6 Å². The zero-order chi connectivity index (χ0) is 10.7. The Hall–Kier alpha value is -1.39. The highest BCUT2D eigenvalue weighted by Gasteiger charge is 2.26. The first-order valence-corrected chi connectivity index (χ1v) is 4.99. The van der Waals surface area contributed by atoms with Crippen molar-refractivity contribution in [1.29, 1.82) is 0 Å². The summed E-state index contributed by atoms with van der Waals surface area (Å²) >= 11 is 0. The predicted molar refractivity (Wildman–Crippen MR) is 55.6 cm³/mol. The molecule has 1 heterocycles. The van der Waals surface area contributed by atoms with Crippen molar-refractivity contribution in [1.82, 2.24) is 10.9 Å². The Morgan fingerprint density at radius 2 is 2.07 bits per heavy atom. The molecule has 1 aromatic carbocycles. The van der Waals surface area contributed by atoms with Gasteiger partial charge in [0.1, 0.15) is 0 Å². The van der Waals surface area contributed by atoms with Crippen molar-refractivity contribution in [3.63, 3.8) is 0 Å². The van der Waals surface area contributed by atoms with Crippen LogP contribution in [0.3, 0.4) is 0 Å². The van der Waals surface area contributed by atoms with E-state index in [9.17, 15) is 4.79 Å². The molecular formula is C11H14N2O2. The summed E-state index contributed by atoms with van der Waals surface area (Å²) in [6.45, 7) is 1.41. The number of ether oxygens (including phenoxy) is 1. The molecule has 1 aliphatic rings. The number of carbonyl (C=O) groups excluding carboxylic acids is 1. The van der Waals surface area contributed by atoms with E-state index in [1.54, 1.807) is 0 Å². The molecule has 2 unspecified atom stereocenters. The Bertz CT molecular complexity index is 340. The zero-order valence-electron chi connectivity index (χ0n) is 8.57. The van der Waals surface area contributed by atoms with Gasteiger partial charge in [-0.2, -0.15) is 0 Å². The second kappa shape index (κ2) is 4.42. The summed E-state index contributed by atoms with van der Waals surface area (Å²) in [5, 5.41) is 0. The minimum atomic E-state index is -0.261. The number of nitrogens with one attached hydrogen (secondary N) is 2. The van der Waals surface area contributed by atoms with Gasteiger partial charge in [0.15, 0.2) is 6.23 Å². The Kier molecular flexibility index (Phi) is 2.99. The standard InChI is InChI=1S/C11H14N2O2/c1-8(14)15-11-7-10(12-13-11)9-5-3-2-4-6-9/h2-6,10-13H,7H2,1H3. The van der Waals surface area contributed by atoms with Gasteiger partial charge in [-0.25, -0.2) is 10.9 Å². The van der Waals surface area contributed by atoms with Crippen LogP contribution in [0.2, 0.25) is 0 Å². The molecule has 1 aliphatic heterocycles. The van der Waals surface area contributed by atoms with Crippen molar-refractivity contribution < 1.29 is 9.53 Å². The van der Waals surface area contributed by atoms with Crippen LogP contribution in [0.5, 0.6) is 0 Å². The normalized spacial score (nSPS) is 25.1. The Labute approximate surface area is 88.6 Å². The van der Waals surface area contributed by atoms with E-state index in [0.717, 1.165) is 6.42 Å². The van der Waals surface area contributed by atoms with Crippen molar-refractivity contribution in [2.24, 2.45) is 0 Å². The third-order valence-corrected chi connectivity index (χ3v) is 2.38. The lowest BCUT2D eigenvalue weighted by molar-refractivity contribution is -0.147. The van der Waals surface area contributed by atoms with E-state index in [2.05, 4.69) is 23.0 Å². The van der Waals surface area contributed by atoms with Gasteiger partial charge < -0.3 is 4.74 Å². The van der Waals surface area contributed by atoms with Crippen LogP contribution in [0.25, 0.3) is 0 Å². The van der Waals surface area contributed by atoms with Crippen molar-refractivity contribution >= 4 is 5.97 Å². The first-order valence-electron chi connectivity index (χ1n) is 4.99. The van der Waals surface area contributed by atoms with Crippen molar-refractivity contribution in [3.8, 4) is 0 Å². The molecule has 0 radical (unpaired) electrons. The van der Waals surface area contributed by atoms with Gasteiger partial charge in [-0.1, -0.05) is 30.3 Å². The molecule has 4 nitrogen and oxygen atoms in total. The number of hydrogen-bond donors (Lipinski definition) is 2. The molecule has 4 heteroatoms. The fraction of sp³-hybridized carbons (Fsp3) is 0.364. The van der Waals surface area contributed by atoms with Crippen molar-refractivity contribution in [2.75, 3.05) is 0 Å². The highest BCUT2D eigenvalue weighted by molar-refractivity contribution is 5.66. The summed E-state index contributed by atoms with van der Waals surface area (Å²) < 4.78 is 5.05. The number of carbonyl (C=O) groups is 1. The van der Waals surface area contributed by atoms with Gasteiger partial charge in [-0.05, 0) is 5.56 Å². The van der Waals surface area contributed by atoms with Crippen LogP contribution in [-0.2, 0) is 9.53 Å². The molecule has 1 fully saturated rings. The van der Waals surface area contributed by atoms with Gasteiger partial charge in [-0.3, -0.25) is 4.79 Å². The second-order valence-electron chi connectivity index (χ2n) is 3.59. The van der Waals surface area contributed by atoms with E-state index in [1.165, 1.54) is 12.5 Å². The SMILES string of the molecule is CC(=O)OC1CC(c2ccccc2)NN1. The molecule has 1 aromatic rings. The lowest BCUT2D eigenvalue weighted by Crippen LogP contribution is -2.33. The van der Waals surface area contributed by atoms with Crippen LogP contribution < -0.4 is 10.9 Å². The van der Waals surface area contributed by atoms with Crippen LogP contribution in [0.15, 0.2) is 30.3 Å². The molecule has 0 aliphatic carbocycles. The molecule has 1 saturated heterocycles. The number of esters is 1. The number of rotatable bonds is 2. The minimum Gasteiger partial charge on any atom is -0.445 e. The van der Waals surface area contributed by atoms with Gasteiger partial charge in [0.05, 0.1) is 6.04 Å². The van der Waals surface area contributed by atoms with Gasteiger partial charge in [0.25, 0.3) is 0 Å². The summed E-state index contributed by atoms with van der Waals surface area (Å²) in [5.74, 6) is -0.261. The molecule has 0 bridgehead atoms. The smallest absolute Gasteiger partial charge is 0.304 e. The van der Waals surface area contributed by atoms with Crippen LogP contribution in [-0.4, -0.2) is 12.2 Å². The summed E-state index contributed by atoms with van der Waals surface area (Å²) in [7, 11) is 0. The summed E-state index contributed by atoms with van der Waals surface area (Å²) in [6.07, 6.45) is 0.525. The van der Waals surface area contributed by atoms with E-state index >= 15 is 0 Å². The van der Waals surface area contributed by atoms with E-state index in [0.29, 0.717) is 0 Å². The van der Waals surface area contributed by atoms with E-state index in [4.69, 9.17) is 4.74 Å². The minimum absolute atomic E-state index is 0.204. The maximum atomic E-state index is 10.8. The van der Waals surface area contributed by atoms with Gasteiger partial charge >= 0.3 is 5.97 Å². The maximum absolute atomic E-state index is 10.8. The van der Waals surface area contributed by atoms with Gasteiger partial charge in [0, 0.05) is 13.3 Å². The molecule has 80 valence electrons. The average molecular weight is 206 g/mol. The van der Waals surface area contributed by atoms with Crippen LogP contribution in [0.4, 0.5) is 0 Å². The largest absolute Gasteiger partial charge is 0.445 e. The molecule has 2 N–H and O–H groups in total. The van der Waals surface area contributed by atoms with Crippen LogP contribution in [0.1, 0.15) is 24.9 Å². The van der Waals surface area contributed by atoms with E-state index < -0.39 is 0 Å². The first-order chi connectivity index (χ1) is 7.25. The number of benzene rings is 1. The molecule has 0 saturated carbocycles. The lowest BCUT2D eigenvalue weighted by atomic mass is 10.1. The third-order valence-electron chi connectivity index (χ3n) is 2.38. The lowest BCUT2D eigenvalue weighted by Gasteiger charge is -2.09. The van der Waals surface area contributed by atoms with E-state index in [1.807, 2.05) is 18.2 Å². The summed E-state index contributed by atoms with van der Waals surface area (Å²) in [5.41, 5.74) is 7.24. The average Bonchev–Trinajstić information content (AvgIpc) is 2.67. The van der Waals surface area contributed by atoms with Gasteiger partial charge in [0.2, 0.25) is 0 Å².